The number of hydrogen-bond acceptors (Lipinski definition) is 6. The first kappa shape index (κ1) is 22.0. The number of carbonyl (C=O) groups excluding carboxylic acids is 3. The van der Waals surface area contributed by atoms with Gasteiger partial charge >= 0.3 is 12.0 Å². The SMILES string of the molecule is CSCC[C@H](NC(N)=O)C(=O)OCC(=O)c1cc(C)n(Cc2cccs2)c1C. The third kappa shape index (κ3) is 5.87. The second-order valence-electron chi connectivity index (χ2n) is 6.32. The highest BCUT2D eigenvalue weighted by molar-refractivity contribution is 7.98. The maximum absolute atomic E-state index is 12.6. The first-order valence-corrected chi connectivity index (χ1v) is 11.0. The molecule has 7 nitrogen and oxygen atoms in total. The summed E-state index contributed by atoms with van der Waals surface area (Å²) in [6, 6.07) is 4.20. The topological polar surface area (TPSA) is 103 Å². The van der Waals surface area contributed by atoms with Crippen molar-refractivity contribution in [1.29, 1.82) is 0 Å². The van der Waals surface area contributed by atoms with Crippen LogP contribution in [0.4, 0.5) is 4.79 Å². The van der Waals surface area contributed by atoms with Crippen molar-refractivity contribution in [2.45, 2.75) is 32.9 Å². The molecule has 0 spiro atoms. The lowest BCUT2D eigenvalue weighted by molar-refractivity contribution is -0.144. The molecular formula is C19H25N3O4S2. The van der Waals surface area contributed by atoms with Crippen LogP contribution >= 0.6 is 23.1 Å². The minimum atomic E-state index is -0.857. The van der Waals surface area contributed by atoms with Crippen molar-refractivity contribution >= 4 is 40.9 Å². The summed E-state index contributed by atoms with van der Waals surface area (Å²) in [5.41, 5.74) is 7.44. The Morgan fingerprint density at radius 2 is 2.11 bits per heavy atom. The zero-order valence-electron chi connectivity index (χ0n) is 16.2. The molecule has 0 aromatic carbocycles. The van der Waals surface area contributed by atoms with Crippen LogP contribution in [-0.4, -0.2) is 47.0 Å². The maximum atomic E-state index is 12.6. The summed E-state index contributed by atoms with van der Waals surface area (Å²) < 4.78 is 7.22. The zero-order valence-corrected chi connectivity index (χ0v) is 17.8. The van der Waals surface area contributed by atoms with Crippen LogP contribution in [0.15, 0.2) is 23.6 Å². The molecule has 28 heavy (non-hydrogen) atoms. The molecule has 2 rings (SSSR count). The Hall–Kier alpha value is -2.26. The number of thiophene rings is 1. The quantitative estimate of drug-likeness (QED) is 0.452. The molecule has 2 aromatic rings. The van der Waals surface area contributed by atoms with Gasteiger partial charge in [0.25, 0.3) is 0 Å². The molecule has 2 aromatic heterocycles. The molecule has 0 aliphatic carbocycles. The van der Waals surface area contributed by atoms with Crippen LogP contribution in [0.1, 0.15) is 33.0 Å². The lowest BCUT2D eigenvalue weighted by Gasteiger charge is -2.15. The number of amides is 2. The Bertz CT molecular complexity index is 831. The molecule has 0 bridgehead atoms. The van der Waals surface area contributed by atoms with Gasteiger partial charge in [0.1, 0.15) is 6.04 Å². The number of carbonyl (C=O) groups is 3. The first-order valence-electron chi connectivity index (χ1n) is 8.77. The molecule has 3 N–H and O–H groups in total. The van der Waals surface area contributed by atoms with Gasteiger partial charge in [-0.3, -0.25) is 4.79 Å². The molecule has 152 valence electrons. The monoisotopic (exact) mass is 423 g/mol. The average molecular weight is 424 g/mol. The number of rotatable bonds is 10. The van der Waals surface area contributed by atoms with Crippen molar-refractivity contribution in [2.24, 2.45) is 5.73 Å². The number of urea groups is 1. The van der Waals surface area contributed by atoms with Crippen molar-refractivity contribution in [3.05, 3.63) is 45.4 Å². The zero-order chi connectivity index (χ0) is 20.7. The van der Waals surface area contributed by atoms with E-state index >= 15 is 0 Å². The van der Waals surface area contributed by atoms with E-state index in [-0.39, 0.29) is 12.4 Å². The fourth-order valence-corrected chi connectivity index (χ4v) is 4.02. The van der Waals surface area contributed by atoms with E-state index in [1.807, 2.05) is 43.7 Å². The van der Waals surface area contributed by atoms with Gasteiger partial charge in [0.05, 0.1) is 6.54 Å². The normalized spacial score (nSPS) is 11.8. The van der Waals surface area contributed by atoms with Gasteiger partial charge in [0, 0.05) is 21.8 Å². The van der Waals surface area contributed by atoms with E-state index in [1.165, 1.54) is 16.6 Å². The molecule has 1 atom stereocenters. The van der Waals surface area contributed by atoms with Gasteiger partial charge in [-0.2, -0.15) is 11.8 Å². The number of ether oxygens (including phenoxy) is 1. The van der Waals surface area contributed by atoms with E-state index in [0.29, 0.717) is 24.3 Å². The highest BCUT2D eigenvalue weighted by atomic mass is 32.2. The predicted octanol–water partition coefficient (Wildman–Crippen LogP) is 2.73. The lowest BCUT2D eigenvalue weighted by Crippen LogP contribution is -2.45. The molecule has 2 heterocycles. The third-order valence-electron chi connectivity index (χ3n) is 4.33. The molecule has 2 amide bonds. The van der Waals surface area contributed by atoms with Crippen LogP contribution < -0.4 is 11.1 Å². The molecule has 0 aliphatic rings. The van der Waals surface area contributed by atoms with Crippen LogP contribution in [-0.2, 0) is 16.1 Å². The van der Waals surface area contributed by atoms with E-state index in [1.54, 1.807) is 11.3 Å². The fraction of sp³-hybridized carbons (Fsp3) is 0.421. The number of aryl methyl sites for hydroxylation is 1. The van der Waals surface area contributed by atoms with Crippen LogP contribution in [0, 0.1) is 13.8 Å². The number of nitrogens with one attached hydrogen (secondary N) is 1. The Labute approximate surface area is 172 Å². The Kier molecular flexibility index (Phi) is 8.13. The molecule has 9 heteroatoms. The van der Waals surface area contributed by atoms with Gasteiger partial charge in [0.2, 0.25) is 5.78 Å². The Balaban J connectivity index is 2.02. The second kappa shape index (κ2) is 10.3. The first-order chi connectivity index (χ1) is 13.3. The van der Waals surface area contributed by atoms with Crippen molar-refractivity contribution in [3.63, 3.8) is 0 Å². The number of thioether (sulfide) groups is 1. The smallest absolute Gasteiger partial charge is 0.329 e. The van der Waals surface area contributed by atoms with Crippen LogP contribution in [0.5, 0.6) is 0 Å². The number of hydrogen-bond donors (Lipinski definition) is 2. The number of aromatic nitrogens is 1. The van der Waals surface area contributed by atoms with Crippen LogP contribution in [0.2, 0.25) is 0 Å². The van der Waals surface area contributed by atoms with E-state index < -0.39 is 18.0 Å². The highest BCUT2D eigenvalue weighted by Crippen LogP contribution is 2.20. The standard InChI is InChI=1S/C19H25N3O4S2/c1-12-9-15(13(2)22(12)10-14-5-4-7-28-14)17(23)11-26-18(24)16(6-8-27-3)21-19(20)25/h4-5,7,9,16H,6,8,10-11H2,1-3H3,(H3,20,21,25)/t16-/m0/s1. The summed E-state index contributed by atoms with van der Waals surface area (Å²) in [6.07, 6.45) is 2.27. The summed E-state index contributed by atoms with van der Waals surface area (Å²) in [5.74, 6) is -0.284. The molecule has 0 fully saturated rings. The minimum absolute atomic E-state index is 0.276. The number of nitrogens with zero attached hydrogens (tertiary/aromatic N) is 1. The molecule has 0 radical (unpaired) electrons. The van der Waals surface area contributed by atoms with Gasteiger partial charge in [-0.15, -0.1) is 11.3 Å². The second-order valence-corrected chi connectivity index (χ2v) is 8.34. The number of Topliss-reactive ketones (excluding diaryl/α,β-unsaturated/α-hetero) is 1. The predicted molar refractivity (Wildman–Crippen MR) is 112 cm³/mol. The van der Waals surface area contributed by atoms with Crippen molar-refractivity contribution < 1.29 is 19.1 Å². The van der Waals surface area contributed by atoms with E-state index in [0.717, 1.165) is 11.4 Å². The fourth-order valence-electron chi connectivity index (χ4n) is 2.86. The largest absolute Gasteiger partial charge is 0.456 e. The van der Waals surface area contributed by atoms with E-state index in [9.17, 15) is 14.4 Å². The number of esters is 1. The van der Waals surface area contributed by atoms with Gasteiger partial charge in [0.15, 0.2) is 6.61 Å². The number of primary amides is 1. The molecule has 0 unspecified atom stereocenters. The van der Waals surface area contributed by atoms with Gasteiger partial charge in [-0.25, -0.2) is 9.59 Å². The van der Waals surface area contributed by atoms with E-state index in [2.05, 4.69) is 9.88 Å². The number of nitrogens with two attached hydrogens (primary N) is 1. The maximum Gasteiger partial charge on any atom is 0.329 e. The van der Waals surface area contributed by atoms with Crippen molar-refractivity contribution in [3.8, 4) is 0 Å². The van der Waals surface area contributed by atoms with E-state index in [4.69, 9.17) is 10.5 Å². The number of ketones is 1. The summed E-state index contributed by atoms with van der Waals surface area (Å²) >= 11 is 3.19. The van der Waals surface area contributed by atoms with Crippen molar-refractivity contribution in [1.82, 2.24) is 9.88 Å². The molecule has 0 saturated heterocycles. The average Bonchev–Trinajstić information content (AvgIpc) is 3.26. The lowest BCUT2D eigenvalue weighted by atomic mass is 10.1. The van der Waals surface area contributed by atoms with Crippen LogP contribution in [0.25, 0.3) is 0 Å². The van der Waals surface area contributed by atoms with Crippen LogP contribution in [0.3, 0.4) is 0 Å². The Morgan fingerprint density at radius 3 is 2.71 bits per heavy atom. The third-order valence-corrected chi connectivity index (χ3v) is 5.83. The van der Waals surface area contributed by atoms with Gasteiger partial charge < -0.3 is 20.4 Å². The van der Waals surface area contributed by atoms with Crippen molar-refractivity contribution in [2.75, 3.05) is 18.6 Å². The summed E-state index contributed by atoms with van der Waals surface area (Å²) in [4.78, 5) is 37.1. The summed E-state index contributed by atoms with van der Waals surface area (Å²) in [6.45, 7) is 4.14. The molecular weight excluding hydrogens is 398 g/mol. The van der Waals surface area contributed by atoms with Gasteiger partial charge in [-0.1, -0.05) is 6.07 Å². The molecule has 0 saturated carbocycles. The molecule has 0 aliphatic heterocycles. The summed E-state index contributed by atoms with van der Waals surface area (Å²) in [5, 5.41) is 4.38. The van der Waals surface area contributed by atoms with Gasteiger partial charge in [-0.05, 0) is 49.8 Å². The Morgan fingerprint density at radius 1 is 1.36 bits per heavy atom. The minimum Gasteiger partial charge on any atom is -0.456 e. The highest BCUT2D eigenvalue weighted by Gasteiger charge is 2.23. The summed E-state index contributed by atoms with van der Waals surface area (Å²) in [7, 11) is 0.